The van der Waals surface area contributed by atoms with Gasteiger partial charge in [0.05, 0.1) is 18.8 Å². The number of carbonyl (C=O) groups is 1. The zero-order chi connectivity index (χ0) is 36.4. The number of aliphatic hydroxyl groups is 1. The van der Waals surface area contributed by atoms with Crippen LogP contribution >= 0.6 is 0 Å². The van der Waals surface area contributed by atoms with Gasteiger partial charge in [0, 0.05) is 55.0 Å². The van der Waals surface area contributed by atoms with E-state index in [2.05, 4.69) is 101 Å². The van der Waals surface area contributed by atoms with Crippen molar-refractivity contribution in [2.75, 3.05) is 20.1 Å². The van der Waals surface area contributed by atoms with E-state index in [4.69, 9.17) is 9.47 Å². The minimum atomic E-state index is -0.528. The molecule has 5 fully saturated rings. The Bertz CT molecular complexity index is 1800. The Morgan fingerprint density at radius 1 is 0.849 bits per heavy atom. The predicted molar refractivity (Wildman–Crippen MR) is 207 cm³/mol. The second kappa shape index (κ2) is 15.7. The summed E-state index contributed by atoms with van der Waals surface area (Å²) in [6.07, 6.45) is 9.50. The Labute approximate surface area is 314 Å². The van der Waals surface area contributed by atoms with Crippen LogP contribution in [-0.4, -0.2) is 52.8 Å². The Balaban J connectivity index is 0.925. The summed E-state index contributed by atoms with van der Waals surface area (Å²) in [5.41, 5.74) is 7.30. The molecule has 2 heterocycles. The van der Waals surface area contributed by atoms with Crippen molar-refractivity contribution in [2.45, 2.75) is 89.1 Å². The molecule has 4 aromatic rings. The average molecular weight is 715 g/mol. The number of benzene rings is 3. The molecule has 53 heavy (non-hydrogen) atoms. The largest absolute Gasteiger partial charge is 0.392 e. The van der Waals surface area contributed by atoms with E-state index in [1.165, 1.54) is 19.3 Å². The van der Waals surface area contributed by atoms with Gasteiger partial charge in [0.15, 0.2) is 6.29 Å². The van der Waals surface area contributed by atoms with Crippen LogP contribution in [0.5, 0.6) is 0 Å². The first-order chi connectivity index (χ1) is 25.8. The molecule has 8 nitrogen and oxygen atoms in total. The maximum absolute atomic E-state index is 13.1. The topological polar surface area (TPSA) is 96.0 Å². The van der Waals surface area contributed by atoms with E-state index in [0.717, 1.165) is 95.6 Å². The van der Waals surface area contributed by atoms with Gasteiger partial charge in [0.2, 0.25) is 0 Å². The lowest BCUT2D eigenvalue weighted by Gasteiger charge is -2.56. The summed E-state index contributed by atoms with van der Waals surface area (Å²) in [5, 5.41) is 16.2. The number of ether oxygens (including phenoxy) is 2. The highest BCUT2D eigenvalue weighted by Crippen LogP contribution is 2.55. The molecular formula is C45H54N4O4. The standard InChI is InChI=1S/C45H54N4O4/c1-30-41(28-49(2)19-17-40-8-3-4-18-46-40)52-43(53-42(30)37-11-9-31(29-50)10-12-37)38-15-13-36(14-16-38)39-7-5-6-32(23-39)27-47-44(51)48-45-24-33-20-34(25-45)22-35(21-33)26-45/h3-16,18,23,30,33-35,41-43,50H,17,19-22,24-29H2,1-2H3,(H2,47,48,51)/t30-,33?,34?,35?,41+,42+,43+,45?/m0/s1. The highest BCUT2D eigenvalue weighted by molar-refractivity contribution is 5.75. The van der Waals surface area contributed by atoms with E-state index in [1.54, 1.807) is 0 Å². The van der Waals surface area contributed by atoms with Crippen molar-refractivity contribution < 1.29 is 19.4 Å². The van der Waals surface area contributed by atoms with Crippen molar-refractivity contribution in [3.8, 4) is 11.1 Å². The van der Waals surface area contributed by atoms with E-state index in [0.29, 0.717) is 6.54 Å². The molecule has 8 heteroatoms. The van der Waals surface area contributed by atoms with Gasteiger partial charge in [-0.05, 0) is 109 Å². The van der Waals surface area contributed by atoms with E-state index in [-0.39, 0.29) is 36.3 Å². The molecule has 4 aliphatic carbocycles. The number of urea groups is 1. The third-order valence-electron chi connectivity index (χ3n) is 12.4. The zero-order valence-electron chi connectivity index (χ0n) is 31.1. The minimum Gasteiger partial charge on any atom is -0.392 e. The van der Waals surface area contributed by atoms with Crippen molar-refractivity contribution in [1.29, 1.82) is 0 Å². The van der Waals surface area contributed by atoms with Crippen molar-refractivity contribution >= 4 is 6.03 Å². The molecule has 5 aliphatic rings. The first-order valence-corrected chi connectivity index (χ1v) is 19.7. The molecule has 1 aromatic heterocycles. The van der Waals surface area contributed by atoms with Gasteiger partial charge in [-0.3, -0.25) is 4.98 Å². The van der Waals surface area contributed by atoms with Gasteiger partial charge in [-0.1, -0.05) is 79.7 Å². The van der Waals surface area contributed by atoms with E-state index < -0.39 is 6.29 Å². The van der Waals surface area contributed by atoms with Crippen LogP contribution in [0.15, 0.2) is 97.2 Å². The molecular weight excluding hydrogens is 661 g/mol. The summed E-state index contributed by atoms with van der Waals surface area (Å²) in [7, 11) is 2.14. The number of hydrogen-bond donors (Lipinski definition) is 3. The average Bonchev–Trinajstić information content (AvgIpc) is 3.17. The van der Waals surface area contributed by atoms with Crippen LogP contribution in [0.4, 0.5) is 4.79 Å². The Morgan fingerprint density at radius 3 is 2.25 bits per heavy atom. The van der Waals surface area contributed by atoms with Gasteiger partial charge < -0.3 is 30.1 Å². The minimum absolute atomic E-state index is 0.00675. The second-order valence-corrected chi connectivity index (χ2v) is 16.5. The maximum Gasteiger partial charge on any atom is 0.315 e. The number of aromatic nitrogens is 1. The summed E-state index contributed by atoms with van der Waals surface area (Å²) in [5.74, 6) is 2.50. The highest BCUT2D eigenvalue weighted by atomic mass is 16.7. The summed E-state index contributed by atoms with van der Waals surface area (Å²) >= 11 is 0. The number of nitrogens with one attached hydrogen (secondary N) is 2. The van der Waals surface area contributed by atoms with Crippen LogP contribution in [-0.2, 0) is 29.0 Å². The molecule has 9 rings (SSSR count). The van der Waals surface area contributed by atoms with Crippen molar-refractivity contribution in [2.24, 2.45) is 23.7 Å². The zero-order valence-corrected chi connectivity index (χ0v) is 31.1. The monoisotopic (exact) mass is 714 g/mol. The number of likely N-dealkylation sites (N-methyl/N-ethyl adjacent to an activating group) is 1. The summed E-state index contributed by atoms with van der Waals surface area (Å²) in [6, 6.07) is 31.0. The molecule has 1 aliphatic heterocycles. The van der Waals surface area contributed by atoms with Crippen molar-refractivity contribution in [1.82, 2.24) is 20.5 Å². The SMILES string of the molecule is C[C@H]1[C@@H](CN(C)CCc2ccccn2)O[C@@H](c2ccc(-c3cccc(CNC(=O)NC45CC6CC(CC(C6)C4)C5)c3)cc2)O[C@H]1c1ccc(CO)cc1. The molecule has 0 spiro atoms. The van der Waals surface area contributed by atoms with Crippen molar-refractivity contribution in [3.05, 3.63) is 125 Å². The first kappa shape index (κ1) is 35.9. The molecule has 3 N–H and O–H groups in total. The van der Waals surface area contributed by atoms with Gasteiger partial charge in [0.1, 0.15) is 0 Å². The third kappa shape index (κ3) is 8.36. The Kier molecular flexibility index (Phi) is 10.7. The van der Waals surface area contributed by atoms with Crippen LogP contribution in [0.2, 0.25) is 0 Å². The van der Waals surface area contributed by atoms with Gasteiger partial charge in [-0.15, -0.1) is 0 Å². The molecule has 4 saturated carbocycles. The van der Waals surface area contributed by atoms with Gasteiger partial charge in [-0.25, -0.2) is 4.79 Å². The molecule has 2 amide bonds. The molecule has 3 aromatic carbocycles. The molecule has 278 valence electrons. The predicted octanol–water partition coefficient (Wildman–Crippen LogP) is 7.97. The normalized spacial score (nSPS) is 28.9. The van der Waals surface area contributed by atoms with E-state index in [9.17, 15) is 9.90 Å². The number of hydrogen-bond acceptors (Lipinski definition) is 6. The van der Waals surface area contributed by atoms with Crippen LogP contribution in [0.3, 0.4) is 0 Å². The number of aliphatic hydroxyl groups excluding tert-OH is 1. The molecule has 4 bridgehead atoms. The Morgan fingerprint density at radius 2 is 1.57 bits per heavy atom. The summed E-state index contributed by atoms with van der Waals surface area (Å²) < 4.78 is 13.5. The fourth-order valence-electron chi connectivity index (χ4n) is 10.0. The highest BCUT2D eigenvalue weighted by Gasteiger charge is 2.51. The van der Waals surface area contributed by atoms with E-state index >= 15 is 0 Å². The molecule has 1 saturated heterocycles. The van der Waals surface area contributed by atoms with Crippen LogP contribution in [0, 0.1) is 23.7 Å². The fourth-order valence-corrected chi connectivity index (χ4v) is 10.0. The lowest BCUT2D eigenvalue weighted by atomic mass is 9.53. The number of rotatable bonds is 12. The summed E-state index contributed by atoms with van der Waals surface area (Å²) in [6.45, 7) is 4.35. The van der Waals surface area contributed by atoms with Gasteiger partial charge >= 0.3 is 6.03 Å². The molecule has 0 unspecified atom stereocenters. The molecule has 4 atom stereocenters. The van der Waals surface area contributed by atoms with Gasteiger partial charge in [-0.2, -0.15) is 0 Å². The van der Waals surface area contributed by atoms with E-state index in [1.807, 2.05) is 30.5 Å². The lowest BCUT2D eigenvalue weighted by Crippen LogP contribution is -2.61. The maximum atomic E-state index is 13.1. The summed E-state index contributed by atoms with van der Waals surface area (Å²) in [4.78, 5) is 19.9. The number of nitrogens with zero attached hydrogens (tertiary/aromatic N) is 2. The Hall–Kier alpha value is -4.08. The second-order valence-electron chi connectivity index (χ2n) is 16.5. The lowest BCUT2D eigenvalue weighted by molar-refractivity contribution is -0.275. The first-order valence-electron chi connectivity index (χ1n) is 19.7. The fraction of sp³-hybridized carbons (Fsp3) is 0.467. The smallest absolute Gasteiger partial charge is 0.315 e. The molecule has 0 radical (unpaired) electrons. The van der Waals surface area contributed by atoms with Crippen LogP contribution in [0.25, 0.3) is 11.1 Å². The van der Waals surface area contributed by atoms with Gasteiger partial charge in [0.25, 0.3) is 0 Å². The number of amides is 2. The number of pyridine rings is 1. The van der Waals surface area contributed by atoms with Crippen LogP contribution in [0.1, 0.15) is 85.8 Å². The quantitative estimate of drug-likeness (QED) is 0.138. The third-order valence-corrected chi connectivity index (χ3v) is 12.4. The van der Waals surface area contributed by atoms with Crippen molar-refractivity contribution in [3.63, 3.8) is 0 Å². The number of carbonyl (C=O) groups excluding carboxylic acids is 1. The van der Waals surface area contributed by atoms with Crippen LogP contribution < -0.4 is 10.6 Å².